The molecule has 0 spiro atoms. The second-order valence-electron chi connectivity index (χ2n) is 7.06. The third-order valence-electron chi connectivity index (χ3n) is 4.48. The summed E-state index contributed by atoms with van der Waals surface area (Å²) in [6, 6.07) is 0. The molecule has 0 bridgehead atoms. The van der Waals surface area contributed by atoms with Gasteiger partial charge >= 0.3 is 0 Å². The molecular formula is C16H33N. The Bertz CT molecular complexity index is 204. The topological polar surface area (TPSA) is 12.0 Å². The molecule has 1 heteroatoms. The lowest BCUT2D eigenvalue weighted by Crippen LogP contribution is -2.37. The largest absolute Gasteiger partial charge is 0.312 e. The van der Waals surface area contributed by atoms with E-state index in [4.69, 9.17) is 0 Å². The van der Waals surface area contributed by atoms with E-state index < -0.39 is 0 Å². The van der Waals surface area contributed by atoms with Gasteiger partial charge in [0.1, 0.15) is 0 Å². The Morgan fingerprint density at radius 1 is 1.18 bits per heavy atom. The Morgan fingerprint density at radius 3 is 2.41 bits per heavy atom. The van der Waals surface area contributed by atoms with Crippen molar-refractivity contribution in [1.29, 1.82) is 0 Å². The van der Waals surface area contributed by atoms with Crippen LogP contribution in [-0.2, 0) is 0 Å². The molecule has 1 aliphatic rings. The summed E-state index contributed by atoms with van der Waals surface area (Å²) in [6.07, 6.45) is 8.65. The van der Waals surface area contributed by atoms with Gasteiger partial charge in [0.2, 0.25) is 0 Å². The molecule has 17 heavy (non-hydrogen) atoms. The molecule has 1 rings (SSSR count). The Morgan fingerprint density at radius 2 is 1.82 bits per heavy atom. The molecule has 1 N–H and O–H groups in total. The van der Waals surface area contributed by atoms with Crippen LogP contribution in [0.25, 0.3) is 0 Å². The van der Waals surface area contributed by atoms with E-state index in [9.17, 15) is 0 Å². The fourth-order valence-electron chi connectivity index (χ4n) is 3.38. The Balaban J connectivity index is 2.32. The van der Waals surface area contributed by atoms with Gasteiger partial charge in [0.05, 0.1) is 0 Å². The minimum absolute atomic E-state index is 0.274. The van der Waals surface area contributed by atoms with E-state index in [0.29, 0.717) is 0 Å². The molecule has 3 atom stereocenters. The van der Waals surface area contributed by atoms with Crippen LogP contribution < -0.4 is 5.32 Å². The summed E-state index contributed by atoms with van der Waals surface area (Å²) in [7, 11) is 0. The van der Waals surface area contributed by atoms with E-state index in [1.807, 2.05) is 0 Å². The third kappa shape index (κ3) is 5.42. The summed E-state index contributed by atoms with van der Waals surface area (Å²) in [6.45, 7) is 12.8. The van der Waals surface area contributed by atoms with Crippen molar-refractivity contribution in [2.75, 3.05) is 6.54 Å². The first-order chi connectivity index (χ1) is 7.94. The van der Waals surface area contributed by atoms with Gasteiger partial charge in [-0.05, 0) is 57.9 Å². The summed E-state index contributed by atoms with van der Waals surface area (Å²) in [4.78, 5) is 0. The molecule has 0 aromatic carbocycles. The minimum Gasteiger partial charge on any atom is -0.312 e. The standard InChI is InChI=1S/C16H33N/c1-6-14-9-7-8-10-15(14)13(2)11-12-17-16(3,4)5/h13-15,17H,6-12H2,1-5H3. The zero-order valence-electron chi connectivity index (χ0n) is 12.7. The zero-order chi connectivity index (χ0) is 12.9. The van der Waals surface area contributed by atoms with Crippen LogP contribution in [0.2, 0.25) is 0 Å². The quantitative estimate of drug-likeness (QED) is 0.738. The highest BCUT2D eigenvalue weighted by Gasteiger charge is 2.27. The van der Waals surface area contributed by atoms with E-state index in [1.165, 1.54) is 45.1 Å². The molecule has 1 aliphatic carbocycles. The lowest BCUT2D eigenvalue weighted by atomic mass is 9.71. The van der Waals surface area contributed by atoms with Gasteiger partial charge in [-0.25, -0.2) is 0 Å². The Labute approximate surface area is 109 Å². The number of rotatable bonds is 5. The average molecular weight is 239 g/mol. The molecule has 0 saturated heterocycles. The van der Waals surface area contributed by atoms with Crippen LogP contribution >= 0.6 is 0 Å². The molecule has 0 aromatic heterocycles. The van der Waals surface area contributed by atoms with E-state index in [0.717, 1.165) is 17.8 Å². The summed E-state index contributed by atoms with van der Waals surface area (Å²) < 4.78 is 0. The molecule has 1 fully saturated rings. The molecule has 1 saturated carbocycles. The minimum atomic E-state index is 0.274. The van der Waals surface area contributed by atoms with Gasteiger partial charge in [-0.2, -0.15) is 0 Å². The summed E-state index contributed by atoms with van der Waals surface area (Å²) in [5, 5.41) is 3.62. The first-order valence-electron chi connectivity index (χ1n) is 7.69. The monoisotopic (exact) mass is 239 g/mol. The second kappa shape index (κ2) is 6.78. The third-order valence-corrected chi connectivity index (χ3v) is 4.48. The highest BCUT2D eigenvalue weighted by molar-refractivity contribution is 4.80. The molecule has 0 radical (unpaired) electrons. The van der Waals surface area contributed by atoms with E-state index in [2.05, 4.69) is 39.9 Å². The first kappa shape index (κ1) is 15.0. The average Bonchev–Trinajstić information content (AvgIpc) is 2.27. The molecular weight excluding hydrogens is 206 g/mol. The lowest BCUT2D eigenvalue weighted by Gasteiger charge is -2.36. The van der Waals surface area contributed by atoms with Gasteiger partial charge in [-0.15, -0.1) is 0 Å². The van der Waals surface area contributed by atoms with E-state index in [-0.39, 0.29) is 5.54 Å². The van der Waals surface area contributed by atoms with Crippen molar-refractivity contribution >= 4 is 0 Å². The maximum Gasteiger partial charge on any atom is 0.00965 e. The predicted molar refractivity (Wildman–Crippen MR) is 77.3 cm³/mol. The van der Waals surface area contributed by atoms with Crippen LogP contribution in [0.15, 0.2) is 0 Å². The van der Waals surface area contributed by atoms with Gasteiger partial charge in [-0.1, -0.05) is 39.5 Å². The molecule has 0 aliphatic heterocycles. The number of hydrogen-bond donors (Lipinski definition) is 1. The van der Waals surface area contributed by atoms with Gasteiger partial charge in [0.15, 0.2) is 0 Å². The normalized spacial score (nSPS) is 28.1. The van der Waals surface area contributed by atoms with Crippen molar-refractivity contribution in [3.63, 3.8) is 0 Å². The van der Waals surface area contributed by atoms with Crippen molar-refractivity contribution in [2.45, 2.75) is 78.7 Å². The SMILES string of the molecule is CCC1CCCCC1C(C)CCNC(C)(C)C. The van der Waals surface area contributed by atoms with Crippen LogP contribution in [0.4, 0.5) is 0 Å². The Kier molecular flexibility index (Phi) is 5.99. The van der Waals surface area contributed by atoms with Crippen molar-refractivity contribution in [3.8, 4) is 0 Å². The maximum absolute atomic E-state index is 3.62. The van der Waals surface area contributed by atoms with Crippen LogP contribution in [-0.4, -0.2) is 12.1 Å². The molecule has 1 nitrogen and oxygen atoms in total. The molecule has 0 amide bonds. The lowest BCUT2D eigenvalue weighted by molar-refractivity contribution is 0.157. The smallest absolute Gasteiger partial charge is 0.00965 e. The summed E-state index contributed by atoms with van der Waals surface area (Å²) >= 11 is 0. The van der Waals surface area contributed by atoms with E-state index >= 15 is 0 Å². The zero-order valence-corrected chi connectivity index (χ0v) is 12.7. The van der Waals surface area contributed by atoms with Gasteiger partial charge in [0, 0.05) is 5.54 Å². The van der Waals surface area contributed by atoms with Crippen LogP contribution in [0, 0.1) is 17.8 Å². The fraction of sp³-hybridized carbons (Fsp3) is 1.00. The van der Waals surface area contributed by atoms with Gasteiger partial charge in [0.25, 0.3) is 0 Å². The van der Waals surface area contributed by atoms with Crippen molar-refractivity contribution < 1.29 is 0 Å². The van der Waals surface area contributed by atoms with Crippen LogP contribution in [0.1, 0.15) is 73.1 Å². The first-order valence-corrected chi connectivity index (χ1v) is 7.69. The van der Waals surface area contributed by atoms with Crippen LogP contribution in [0.5, 0.6) is 0 Å². The number of nitrogens with one attached hydrogen (secondary N) is 1. The molecule has 0 heterocycles. The van der Waals surface area contributed by atoms with Crippen molar-refractivity contribution in [1.82, 2.24) is 5.32 Å². The summed E-state index contributed by atoms with van der Waals surface area (Å²) in [5.41, 5.74) is 0.274. The highest BCUT2D eigenvalue weighted by Crippen LogP contribution is 2.38. The second-order valence-corrected chi connectivity index (χ2v) is 7.06. The number of hydrogen-bond acceptors (Lipinski definition) is 1. The molecule has 0 aromatic rings. The summed E-state index contributed by atoms with van der Waals surface area (Å²) in [5.74, 6) is 2.90. The van der Waals surface area contributed by atoms with Crippen molar-refractivity contribution in [2.24, 2.45) is 17.8 Å². The fourth-order valence-corrected chi connectivity index (χ4v) is 3.38. The molecule has 102 valence electrons. The predicted octanol–water partition coefficient (Wildman–Crippen LogP) is 4.62. The maximum atomic E-state index is 3.62. The Hall–Kier alpha value is -0.0400. The molecule has 3 unspecified atom stereocenters. The van der Waals surface area contributed by atoms with Gasteiger partial charge in [-0.3, -0.25) is 0 Å². The van der Waals surface area contributed by atoms with E-state index in [1.54, 1.807) is 0 Å². The highest BCUT2D eigenvalue weighted by atomic mass is 14.9. The van der Waals surface area contributed by atoms with Crippen molar-refractivity contribution in [3.05, 3.63) is 0 Å². The van der Waals surface area contributed by atoms with Gasteiger partial charge < -0.3 is 5.32 Å². The van der Waals surface area contributed by atoms with Crippen LogP contribution in [0.3, 0.4) is 0 Å².